The fraction of sp³-hybridized carbons (Fsp3) is 0.526. The van der Waals surface area contributed by atoms with Crippen molar-refractivity contribution in [3.8, 4) is 0 Å². The molecule has 6 nitrogen and oxygen atoms in total. The molecule has 2 N–H and O–H groups in total. The van der Waals surface area contributed by atoms with Gasteiger partial charge < -0.3 is 15.4 Å². The first kappa shape index (κ1) is 21.7. The lowest BCUT2D eigenvalue weighted by Crippen LogP contribution is -2.36. The molecule has 8 heteroatoms. The van der Waals surface area contributed by atoms with Crippen LogP contribution in [0.2, 0.25) is 5.02 Å². The van der Waals surface area contributed by atoms with E-state index in [4.69, 9.17) is 16.3 Å². The Morgan fingerprint density at radius 2 is 1.85 bits per heavy atom. The molecule has 27 heavy (non-hydrogen) atoms. The lowest BCUT2D eigenvalue weighted by molar-refractivity contribution is -0.148. The van der Waals surface area contributed by atoms with Crippen molar-refractivity contribution in [2.45, 2.75) is 57.9 Å². The van der Waals surface area contributed by atoms with Gasteiger partial charge in [0.1, 0.15) is 0 Å². The fourth-order valence-electron chi connectivity index (χ4n) is 2.95. The number of esters is 1. The molecular weight excluding hydrogens is 436 g/mol. The summed E-state index contributed by atoms with van der Waals surface area (Å²) in [7, 11) is 0. The number of hydrogen-bond acceptors (Lipinski definition) is 4. The Bertz CT molecular complexity index is 705. The number of nitrogens with one attached hydrogen (secondary N) is 2. The van der Waals surface area contributed by atoms with E-state index in [2.05, 4.69) is 26.6 Å². The molecule has 0 heterocycles. The number of anilines is 1. The highest BCUT2D eigenvalue weighted by molar-refractivity contribution is 9.10. The van der Waals surface area contributed by atoms with E-state index in [0.717, 1.165) is 30.2 Å². The molecule has 1 aromatic carbocycles. The normalized spacial score (nSPS) is 14.5. The lowest BCUT2D eigenvalue weighted by atomic mass is 9.95. The molecule has 0 aromatic heterocycles. The van der Waals surface area contributed by atoms with Crippen molar-refractivity contribution in [1.82, 2.24) is 5.32 Å². The Labute approximate surface area is 172 Å². The summed E-state index contributed by atoms with van der Waals surface area (Å²) in [6.07, 6.45) is 5.49. The highest BCUT2D eigenvalue weighted by Crippen LogP contribution is 2.30. The van der Waals surface area contributed by atoms with E-state index in [-0.39, 0.29) is 24.8 Å². The van der Waals surface area contributed by atoms with Gasteiger partial charge in [0.2, 0.25) is 5.91 Å². The maximum Gasteiger partial charge on any atom is 0.306 e. The summed E-state index contributed by atoms with van der Waals surface area (Å²) >= 11 is 9.42. The van der Waals surface area contributed by atoms with E-state index in [0.29, 0.717) is 16.3 Å². The van der Waals surface area contributed by atoms with E-state index in [9.17, 15) is 14.4 Å². The Morgan fingerprint density at radius 1 is 1.15 bits per heavy atom. The zero-order valence-electron chi connectivity index (χ0n) is 15.3. The first-order chi connectivity index (χ1) is 12.9. The van der Waals surface area contributed by atoms with Crippen molar-refractivity contribution in [3.63, 3.8) is 0 Å². The lowest BCUT2D eigenvalue weighted by Gasteiger charge is -2.22. The van der Waals surface area contributed by atoms with Crippen LogP contribution in [0.3, 0.4) is 0 Å². The Kier molecular flexibility index (Phi) is 8.57. The van der Waals surface area contributed by atoms with Crippen LogP contribution in [0.4, 0.5) is 5.69 Å². The van der Waals surface area contributed by atoms with Crippen molar-refractivity contribution >= 4 is 51.0 Å². The van der Waals surface area contributed by atoms with Gasteiger partial charge in [-0.2, -0.15) is 0 Å². The van der Waals surface area contributed by atoms with Crippen molar-refractivity contribution in [2.24, 2.45) is 0 Å². The third-order valence-electron chi connectivity index (χ3n) is 4.50. The number of carbonyl (C=O) groups excluding carboxylic acids is 3. The maximum atomic E-state index is 11.9. The van der Waals surface area contributed by atoms with E-state index < -0.39 is 18.5 Å². The SMILES string of the molecule is Cc1c(NC(=O)COC(=O)CCC(=O)NC2CCCCC2)ccc(Br)c1Cl. The number of rotatable bonds is 7. The van der Waals surface area contributed by atoms with Crippen molar-refractivity contribution in [2.75, 3.05) is 11.9 Å². The van der Waals surface area contributed by atoms with Gasteiger partial charge in [-0.25, -0.2) is 0 Å². The number of ether oxygens (including phenoxy) is 1. The molecule has 0 bridgehead atoms. The van der Waals surface area contributed by atoms with Crippen LogP contribution >= 0.6 is 27.5 Å². The molecule has 1 saturated carbocycles. The van der Waals surface area contributed by atoms with Crippen LogP contribution in [0.5, 0.6) is 0 Å². The third-order valence-corrected chi connectivity index (χ3v) is 5.88. The van der Waals surface area contributed by atoms with E-state index in [1.54, 1.807) is 19.1 Å². The number of carbonyl (C=O) groups is 3. The smallest absolute Gasteiger partial charge is 0.306 e. The summed E-state index contributed by atoms with van der Waals surface area (Å²) in [4.78, 5) is 35.6. The zero-order valence-corrected chi connectivity index (χ0v) is 17.6. The summed E-state index contributed by atoms with van der Waals surface area (Å²) in [5.74, 6) is -1.19. The van der Waals surface area contributed by atoms with Crippen molar-refractivity contribution in [1.29, 1.82) is 0 Å². The summed E-state index contributed by atoms with van der Waals surface area (Å²) in [6, 6.07) is 3.65. The van der Waals surface area contributed by atoms with Gasteiger partial charge in [0, 0.05) is 22.6 Å². The van der Waals surface area contributed by atoms with Gasteiger partial charge in [-0.05, 0) is 53.4 Å². The fourth-order valence-corrected chi connectivity index (χ4v) is 3.55. The summed E-state index contributed by atoms with van der Waals surface area (Å²) in [6.45, 7) is 1.37. The Hall–Kier alpha value is -1.60. The van der Waals surface area contributed by atoms with Crippen LogP contribution in [-0.4, -0.2) is 30.4 Å². The second kappa shape index (κ2) is 10.7. The molecule has 0 unspecified atom stereocenters. The molecule has 1 aromatic rings. The van der Waals surface area contributed by atoms with Gasteiger partial charge in [0.15, 0.2) is 6.61 Å². The second-order valence-corrected chi connectivity index (χ2v) is 7.88. The minimum Gasteiger partial charge on any atom is -0.456 e. The first-order valence-corrected chi connectivity index (χ1v) is 10.2. The molecule has 2 amide bonds. The highest BCUT2D eigenvalue weighted by Gasteiger charge is 2.17. The topological polar surface area (TPSA) is 84.5 Å². The third kappa shape index (κ3) is 7.14. The number of halogens is 2. The Balaban J connectivity index is 1.68. The molecule has 1 aliphatic rings. The molecule has 1 aliphatic carbocycles. The van der Waals surface area contributed by atoms with Gasteiger partial charge >= 0.3 is 5.97 Å². The molecule has 2 rings (SSSR count). The zero-order chi connectivity index (χ0) is 19.8. The average molecular weight is 460 g/mol. The maximum absolute atomic E-state index is 11.9. The van der Waals surface area contributed by atoms with E-state index in [1.165, 1.54) is 6.42 Å². The van der Waals surface area contributed by atoms with Gasteiger partial charge in [0.05, 0.1) is 11.4 Å². The van der Waals surface area contributed by atoms with Crippen LogP contribution in [-0.2, 0) is 19.1 Å². The van der Waals surface area contributed by atoms with Crippen LogP contribution < -0.4 is 10.6 Å². The predicted octanol–water partition coefficient (Wildman–Crippen LogP) is 4.12. The number of hydrogen-bond donors (Lipinski definition) is 2. The van der Waals surface area contributed by atoms with Gasteiger partial charge in [0.25, 0.3) is 5.91 Å². The molecule has 0 spiro atoms. The predicted molar refractivity (Wildman–Crippen MR) is 108 cm³/mol. The van der Waals surface area contributed by atoms with Crippen LogP contribution in [0.15, 0.2) is 16.6 Å². The minimum atomic E-state index is -0.575. The van der Waals surface area contributed by atoms with Crippen molar-refractivity contribution < 1.29 is 19.1 Å². The van der Waals surface area contributed by atoms with Crippen molar-refractivity contribution in [3.05, 3.63) is 27.2 Å². The quantitative estimate of drug-likeness (QED) is 0.601. The minimum absolute atomic E-state index is 0.0467. The number of amides is 2. The van der Waals surface area contributed by atoms with Gasteiger partial charge in [-0.1, -0.05) is 30.9 Å². The van der Waals surface area contributed by atoms with Crippen LogP contribution in [0.1, 0.15) is 50.5 Å². The highest BCUT2D eigenvalue weighted by atomic mass is 79.9. The molecule has 0 aliphatic heterocycles. The molecule has 0 saturated heterocycles. The van der Waals surface area contributed by atoms with Gasteiger partial charge in [-0.15, -0.1) is 0 Å². The summed E-state index contributed by atoms with van der Waals surface area (Å²) in [5.41, 5.74) is 1.27. The standard InChI is InChI=1S/C19H24BrClN2O4/c1-12-15(8-7-14(20)19(12)21)23-17(25)11-27-18(26)10-9-16(24)22-13-5-3-2-4-6-13/h7-8,13H,2-6,9-11H2,1H3,(H,22,24)(H,23,25). The summed E-state index contributed by atoms with van der Waals surface area (Å²) < 4.78 is 5.67. The van der Waals surface area contributed by atoms with Crippen LogP contribution in [0.25, 0.3) is 0 Å². The average Bonchev–Trinajstić information content (AvgIpc) is 2.66. The molecule has 0 radical (unpaired) electrons. The molecule has 148 valence electrons. The number of benzene rings is 1. The Morgan fingerprint density at radius 3 is 2.56 bits per heavy atom. The first-order valence-electron chi connectivity index (χ1n) is 9.06. The van der Waals surface area contributed by atoms with Crippen LogP contribution in [0, 0.1) is 6.92 Å². The monoisotopic (exact) mass is 458 g/mol. The molecular formula is C19H24BrClN2O4. The molecule has 0 atom stereocenters. The van der Waals surface area contributed by atoms with E-state index in [1.807, 2.05) is 0 Å². The van der Waals surface area contributed by atoms with E-state index >= 15 is 0 Å². The second-order valence-electron chi connectivity index (χ2n) is 6.65. The summed E-state index contributed by atoms with van der Waals surface area (Å²) in [5, 5.41) is 6.11. The molecule has 1 fully saturated rings. The van der Waals surface area contributed by atoms with Gasteiger partial charge in [-0.3, -0.25) is 14.4 Å². The largest absolute Gasteiger partial charge is 0.456 e.